The highest BCUT2D eigenvalue weighted by atomic mass is 31.3. The molecule has 2 aromatic rings. The summed E-state index contributed by atoms with van der Waals surface area (Å²) in [6, 6.07) is 5.91. The number of aliphatic hydroxyl groups excluding tert-OH is 1. The van der Waals surface area contributed by atoms with Crippen LogP contribution < -0.4 is 11.2 Å². The smallest absolute Gasteiger partial charge is 0.390 e. The van der Waals surface area contributed by atoms with E-state index in [9.17, 15) is 48.3 Å². The molecular weight excluding hydrogens is 647 g/mol. The molecule has 0 amide bonds. The van der Waals surface area contributed by atoms with E-state index < -0.39 is 77.4 Å². The number of phosphoric ester groups is 1. The first kappa shape index (κ1) is 35.1. The molecule has 43 heavy (non-hydrogen) atoms. The fourth-order valence-electron chi connectivity index (χ4n) is 4.07. The number of H-pyrrole nitrogens is 1. The minimum absolute atomic E-state index is 0.0846. The maximum Gasteiger partial charge on any atom is 0.490 e. The van der Waals surface area contributed by atoms with Crippen LogP contribution in [0, 0.1) is 16.0 Å². The van der Waals surface area contributed by atoms with E-state index in [1.165, 1.54) is 18.2 Å². The minimum Gasteiger partial charge on any atom is -0.390 e. The first-order valence-electron chi connectivity index (χ1n) is 12.1. The van der Waals surface area contributed by atoms with Crippen LogP contribution in [0.15, 0.2) is 40.1 Å². The zero-order valence-corrected chi connectivity index (χ0v) is 24.9. The summed E-state index contributed by atoms with van der Waals surface area (Å²) >= 11 is 0. The van der Waals surface area contributed by atoms with Gasteiger partial charge < -0.3 is 34.2 Å². The normalized spacial score (nSPS) is 22.7. The molecule has 1 aliphatic rings. The standard InChI is InChI=1S/C20H28N3O17P3/c1-11(2)18(13-5-3-4-6-14(13)23(27)28)36-9-12-8-22(20(26)21-19(12)25)17-7-15(24)16(38-17)10-37-42(32,33)40-43(34,35)39-41(29,30)31/h3-6,8,11,15-18,24H,7,9-10H2,1-2H3,(H,32,33)(H,34,35)(H,21,25,26)(H2,29,30,31)/t15-,16+,17+,18-/m0/s1. The lowest BCUT2D eigenvalue weighted by molar-refractivity contribution is -0.386. The number of nitro benzene ring substituents is 1. The van der Waals surface area contributed by atoms with Crippen LogP contribution >= 0.6 is 23.5 Å². The summed E-state index contributed by atoms with van der Waals surface area (Å²) in [5, 5.41) is 21.8. The van der Waals surface area contributed by atoms with E-state index >= 15 is 0 Å². The average Bonchev–Trinajstić information content (AvgIpc) is 3.22. The van der Waals surface area contributed by atoms with Gasteiger partial charge in [-0.2, -0.15) is 8.62 Å². The molecule has 20 nitrogen and oxygen atoms in total. The second-order valence-corrected chi connectivity index (χ2v) is 13.9. The lowest BCUT2D eigenvalue weighted by atomic mass is 9.97. The monoisotopic (exact) mass is 675 g/mol. The molecule has 0 radical (unpaired) electrons. The Hall–Kier alpha value is -2.41. The second kappa shape index (κ2) is 13.7. The predicted molar refractivity (Wildman–Crippen MR) is 141 cm³/mol. The Kier molecular flexibility index (Phi) is 11.2. The van der Waals surface area contributed by atoms with Crippen LogP contribution in [0.3, 0.4) is 0 Å². The quantitative estimate of drug-likeness (QED) is 0.0935. The molecule has 0 spiro atoms. The Bertz CT molecular complexity index is 1590. The van der Waals surface area contributed by atoms with Crippen LogP contribution in [0.2, 0.25) is 0 Å². The number of aromatic amines is 1. The van der Waals surface area contributed by atoms with Crippen molar-refractivity contribution < 1.29 is 65.9 Å². The fourth-order valence-corrected chi connectivity index (χ4v) is 7.10. The summed E-state index contributed by atoms with van der Waals surface area (Å²) in [5.41, 5.74) is -1.78. The van der Waals surface area contributed by atoms with Crippen LogP contribution in [-0.4, -0.2) is 58.0 Å². The minimum atomic E-state index is -5.77. The number of aromatic nitrogens is 2. The molecule has 1 saturated heterocycles. The third kappa shape index (κ3) is 9.79. The largest absolute Gasteiger partial charge is 0.490 e. The van der Waals surface area contributed by atoms with Crippen molar-refractivity contribution in [2.75, 3.05) is 6.61 Å². The highest BCUT2D eigenvalue weighted by molar-refractivity contribution is 7.66. The van der Waals surface area contributed by atoms with E-state index in [0.717, 1.165) is 10.8 Å². The number of ether oxygens (including phenoxy) is 2. The zero-order chi connectivity index (χ0) is 32.3. The van der Waals surface area contributed by atoms with Crippen molar-refractivity contribution in [2.45, 2.75) is 51.4 Å². The summed E-state index contributed by atoms with van der Waals surface area (Å²) in [6.07, 6.45) is -4.17. The van der Waals surface area contributed by atoms with Crippen LogP contribution in [-0.2, 0) is 42.9 Å². The van der Waals surface area contributed by atoms with Gasteiger partial charge in [0.25, 0.3) is 11.2 Å². The molecule has 240 valence electrons. The van der Waals surface area contributed by atoms with Crippen molar-refractivity contribution >= 4 is 29.2 Å². The summed E-state index contributed by atoms with van der Waals surface area (Å²) in [4.78, 5) is 74.0. The molecule has 23 heteroatoms. The number of nitro groups is 1. The van der Waals surface area contributed by atoms with E-state index in [0.29, 0.717) is 0 Å². The fraction of sp³-hybridized carbons (Fsp3) is 0.500. The first-order valence-corrected chi connectivity index (χ1v) is 16.6. The van der Waals surface area contributed by atoms with Gasteiger partial charge in [0.1, 0.15) is 12.3 Å². The number of nitrogens with one attached hydrogen (secondary N) is 1. The van der Waals surface area contributed by atoms with Gasteiger partial charge in [-0.15, -0.1) is 0 Å². The highest BCUT2D eigenvalue weighted by Crippen LogP contribution is 2.66. The van der Waals surface area contributed by atoms with Gasteiger partial charge in [-0.05, 0) is 12.0 Å². The summed E-state index contributed by atoms with van der Waals surface area (Å²) in [5.74, 6) is -0.269. The van der Waals surface area contributed by atoms with Crippen molar-refractivity contribution in [3.8, 4) is 0 Å². The maximum atomic E-state index is 12.5. The number of rotatable bonds is 14. The van der Waals surface area contributed by atoms with Crippen LogP contribution in [0.5, 0.6) is 0 Å². The summed E-state index contributed by atoms with van der Waals surface area (Å²) in [6.45, 7) is 2.14. The van der Waals surface area contributed by atoms with Gasteiger partial charge in [-0.1, -0.05) is 26.0 Å². The molecule has 1 fully saturated rings. The van der Waals surface area contributed by atoms with Crippen LogP contribution in [0.1, 0.15) is 43.7 Å². The third-order valence-electron chi connectivity index (χ3n) is 5.84. The predicted octanol–water partition coefficient (Wildman–Crippen LogP) is 1.35. The summed E-state index contributed by atoms with van der Waals surface area (Å²) in [7, 11) is -16.9. The lowest BCUT2D eigenvalue weighted by Crippen LogP contribution is -2.34. The number of aliphatic hydroxyl groups is 1. The molecule has 2 heterocycles. The van der Waals surface area contributed by atoms with E-state index in [1.807, 2.05) is 0 Å². The number of hydrogen-bond donors (Lipinski definition) is 6. The van der Waals surface area contributed by atoms with E-state index in [4.69, 9.17) is 19.3 Å². The molecule has 6 atom stereocenters. The van der Waals surface area contributed by atoms with Gasteiger partial charge in [-0.3, -0.25) is 29.0 Å². The van der Waals surface area contributed by atoms with Gasteiger partial charge in [0.15, 0.2) is 0 Å². The van der Waals surface area contributed by atoms with Gasteiger partial charge in [-0.25, -0.2) is 18.5 Å². The highest BCUT2D eigenvalue weighted by Gasteiger charge is 2.43. The Labute approximate surface area is 241 Å². The molecule has 3 rings (SSSR count). The van der Waals surface area contributed by atoms with E-state index in [1.54, 1.807) is 19.9 Å². The number of phosphoric acid groups is 3. The topological polar surface area (TPSA) is 297 Å². The average molecular weight is 675 g/mol. The lowest BCUT2D eigenvalue weighted by Gasteiger charge is -2.22. The zero-order valence-electron chi connectivity index (χ0n) is 22.3. The van der Waals surface area contributed by atoms with Crippen LogP contribution in [0.4, 0.5) is 5.69 Å². The molecule has 0 saturated carbocycles. The van der Waals surface area contributed by atoms with E-state index in [-0.39, 0.29) is 29.2 Å². The molecule has 6 N–H and O–H groups in total. The first-order chi connectivity index (χ1) is 19.8. The number of benzene rings is 1. The van der Waals surface area contributed by atoms with Crippen molar-refractivity contribution in [1.82, 2.24) is 9.55 Å². The van der Waals surface area contributed by atoms with Crippen molar-refractivity contribution in [3.63, 3.8) is 0 Å². The van der Waals surface area contributed by atoms with Gasteiger partial charge in [0.05, 0.1) is 41.5 Å². The third-order valence-corrected chi connectivity index (χ3v) is 9.64. The summed E-state index contributed by atoms with van der Waals surface area (Å²) < 4.78 is 58.1. The second-order valence-electron chi connectivity index (χ2n) is 9.43. The molecule has 2 unspecified atom stereocenters. The number of nitrogens with zero attached hydrogens (tertiary/aromatic N) is 2. The van der Waals surface area contributed by atoms with Gasteiger partial charge >= 0.3 is 29.2 Å². The molecule has 1 aromatic heterocycles. The Morgan fingerprint density at radius 1 is 1.12 bits per heavy atom. The van der Waals surface area contributed by atoms with Gasteiger partial charge in [0, 0.05) is 18.7 Å². The van der Waals surface area contributed by atoms with Crippen molar-refractivity contribution in [3.05, 3.63) is 72.5 Å². The molecular formula is C20H28N3O17P3. The molecule has 0 aliphatic carbocycles. The SMILES string of the molecule is CC(C)[C@H](OCc1cn([C@H]2C[C@H](O)[C@@H](COP(=O)(O)OP(=O)(O)OP(=O)(O)O)O2)c(=O)[nH]c1=O)c1ccccc1[N+](=O)[O-]. The van der Waals surface area contributed by atoms with Crippen LogP contribution in [0.25, 0.3) is 0 Å². The molecule has 1 aromatic carbocycles. The number of hydrogen-bond acceptors (Lipinski definition) is 13. The number of para-hydroxylation sites is 1. The Balaban J connectivity index is 1.73. The van der Waals surface area contributed by atoms with E-state index in [2.05, 4.69) is 18.1 Å². The maximum absolute atomic E-state index is 12.5. The van der Waals surface area contributed by atoms with Crippen molar-refractivity contribution in [1.29, 1.82) is 0 Å². The molecule has 1 aliphatic heterocycles. The Morgan fingerprint density at radius 2 is 1.77 bits per heavy atom. The Morgan fingerprint density at radius 3 is 2.37 bits per heavy atom. The van der Waals surface area contributed by atoms with Gasteiger partial charge in [0.2, 0.25) is 0 Å². The molecule has 0 bridgehead atoms. The van der Waals surface area contributed by atoms with Crippen molar-refractivity contribution in [2.24, 2.45) is 5.92 Å².